The Kier molecular flexibility index (Phi) is 4.56. The molecule has 0 unspecified atom stereocenters. The van der Waals surface area contributed by atoms with Crippen LogP contribution < -0.4 is 5.32 Å². The highest BCUT2D eigenvalue weighted by Gasteiger charge is 2.12. The number of benzene rings is 1. The van der Waals surface area contributed by atoms with Gasteiger partial charge in [-0.25, -0.2) is 4.39 Å². The van der Waals surface area contributed by atoms with Crippen LogP contribution in [0.2, 0.25) is 0 Å². The third-order valence-electron chi connectivity index (χ3n) is 3.33. The molecule has 4 heteroatoms. The van der Waals surface area contributed by atoms with Crippen molar-refractivity contribution in [2.24, 2.45) is 0 Å². The Hall–Kier alpha value is -1.39. The molecule has 19 heavy (non-hydrogen) atoms. The lowest BCUT2D eigenvalue weighted by Gasteiger charge is -2.15. The van der Waals surface area contributed by atoms with Crippen LogP contribution in [0.15, 0.2) is 22.6 Å². The Morgan fingerprint density at radius 1 is 1.37 bits per heavy atom. The Morgan fingerprint density at radius 3 is 2.89 bits per heavy atom. The van der Waals surface area contributed by atoms with E-state index < -0.39 is 0 Å². The van der Waals surface area contributed by atoms with Gasteiger partial charge in [-0.15, -0.1) is 0 Å². The first-order valence-electron chi connectivity index (χ1n) is 6.68. The normalized spacial score (nSPS) is 11.6. The fourth-order valence-corrected chi connectivity index (χ4v) is 2.17. The van der Waals surface area contributed by atoms with Crippen LogP contribution in [0, 0.1) is 12.7 Å². The summed E-state index contributed by atoms with van der Waals surface area (Å²) in [6, 6.07) is 4.67. The molecular weight excluding hydrogens is 243 g/mol. The van der Waals surface area contributed by atoms with Crippen molar-refractivity contribution in [2.75, 3.05) is 26.7 Å². The summed E-state index contributed by atoms with van der Waals surface area (Å²) in [6.45, 7) is 7.72. The molecule has 0 aliphatic rings. The molecule has 0 fully saturated rings. The van der Waals surface area contributed by atoms with Crippen molar-refractivity contribution in [3.8, 4) is 0 Å². The Morgan fingerprint density at radius 2 is 2.16 bits per heavy atom. The summed E-state index contributed by atoms with van der Waals surface area (Å²) in [4.78, 5) is 2.20. The summed E-state index contributed by atoms with van der Waals surface area (Å²) in [6.07, 6.45) is 0. The molecule has 1 heterocycles. The van der Waals surface area contributed by atoms with Gasteiger partial charge in [-0.1, -0.05) is 6.92 Å². The van der Waals surface area contributed by atoms with Gasteiger partial charge in [-0.3, -0.25) is 4.90 Å². The molecule has 3 nitrogen and oxygen atoms in total. The highest BCUT2D eigenvalue weighted by Crippen LogP contribution is 2.26. The lowest BCUT2D eigenvalue weighted by Crippen LogP contribution is -2.28. The van der Waals surface area contributed by atoms with Gasteiger partial charge < -0.3 is 9.73 Å². The van der Waals surface area contributed by atoms with E-state index >= 15 is 0 Å². The molecule has 1 aromatic carbocycles. The topological polar surface area (TPSA) is 28.4 Å². The number of nitrogens with one attached hydrogen (secondary N) is 1. The van der Waals surface area contributed by atoms with E-state index in [0.29, 0.717) is 0 Å². The van der Waals surface area contributed by atoms with Crippen LogP contribution in [-0.4, -0.2) is 31.6 Å². The predicted molar refractivity (Wildman–Crippen MR) is 75.8 cm³/mol. The average molecular weight is 264 g/mol. The molecule has 104 valence electrons. The molecule has 0 saturated carbocycles. The first-order chi connectivity index (χ1) is 9.11. The van der Waals surface area contributed by atoms with E-state index in [2.05, 4.69) is 24.2 Å². The van der Waals surface area contributed by atoms with Crippen LogP contribution in [0.1, 0.15) is 18.2 Å². The maximum Gasteiger partial charge on any atom is 0.134 e. The van der Waals surface area contributed by atoms with Gasteiger partial charge in [0, 0.05) is 18.5 Å². The van der Waals surface area contributed by atoms with Gasteiger partial charge in [0.25, 0.3) is 0 Å². The number of aryl methyl sites for hydroxylation is 1. The van der Waals surface area contributed by atoms with Gasteiger partial charge in [0.05, 0.1) is 6.54 Å². The first kappa shape index (κ1) is 14.0. The van der Waals surface area contributed by atoms with Gasteiger partial charge in [0.2, 0.25) is 0 Å². The molecule has 0 radical (unpaired) electrons. The molecule has 0 aliphatic heterocycles. The second-order valence-corrected chi connectivity index (χ2v) is 4.88. The van der Waals surface area contributed by atoms with Gasteiger partial charge in [0.15, 0.2) is 0 Å². The maximum atomic E-state index is 13.2. The molecular formula is C15H21FN2O. The number of halogens is 1. The third-order valence-corrected chi connectivity index (χ3v) is 3.33. The summed E-state index contributed by atoms with van der Waals surface area (Å²) in [5.41, 5.74) is 1.79. The van der Waals surface area contributed by atoms with Crippen LogP contribution in [-0.2, 0) is 6.54 Å². The van der Waals surface area contributed by atoms with Crippen LogP contribution in [0.25, 0.3) is 11.0 Å². The largest absolute Gasteiger partial charge is 0.459 e. The molecule has 0 amide bonds. The highest BCUT2D eigenvalue weighted by atomic mass is 19.1. The minimum atomic E-state index is -0.219. The zero-order valence-corrected chi connectivity index (χ0v) is 11.8. The Bertz CT molecular complexity index is 550. The number of rotatable bonds is 6. The van der Waals surface area contributed by atoms with Gasteiger partial charge >= 0.3 is 0 Å². The zero-order chi connectivity index (χ0) is 13.8. The van der Waals surface area contributed by atoms with E-state index in [1.165, 1.54) is 12.1 Å². The summed E-state index contributed by atoms with van der Waals surface area (Å²) >= 11 is 0. The Balaban J connectivity index is 2.10. The minimum Gasteiger partial charge on any atom is -0.459 e. The summed E-state index contributed by atoms with van der Waals surface area (Å²) < 4.78 is 19.0. The SMILES string of the molecule is CCNCCN(C)Cc1oc2ccc(F)cc2c1C. The van der Waals surface area contributed by atoms with Crippen molar-refractivity contribution >= 4 is 11.0 Å². The molecule has 1 N–H and O–H groups in total. The van der Waals surface area contributed by atoms with Crippen molar-refractivity contribution in [2.45, 2.75) is 20.4 Å². The van der Waals surface area contributed by atoms with Crippen molar-refractivity contribution < 1.29 is 8.81 Å². The second kappa shape index (κ2) is 6.17. The number of likely N-dealkylation sites (N-methyl/N-ethyl adjacent to an activating group) is 2. The first-order valence-corrected chi connectivity index (χ1v) is 6.68. The molecule has 0 saturated heterocycles. The van der Waals surface area contributed by atoms with E-state index in [4.69, 9.17) is 4.42 Å². The van der Waals surface area contributed by atoms with Crippen LogP contribution in [0.4, 0.5) is 4.39 Å². The molecule has 1 aromatic heterocycles. The molecule has 2 rings (SSSR count). The quantitative estimate of drug-likeness (QED) is 0.813. The number of nitrogens with zero attached hydrogens (tertiary/aromatic N) is 1. The van der Waals surface area contributed by atoms with Crippen molar-refractivity contribution in [3.63, 3.8) is 0 Å². The molecule has 0 aliphatic carbocycles. The zero-order valence-electron chi connectivity index (χ0n) is 11.8. The lowest BCUT2D eigenvalue weighted by atomic mass is 10.1. The fraction of sp³-hybridized carbons (Fsp3) is 0.467. The van der Waals surface area contributed by atoms with Crippen molar-refractivity contribution in [1.82, 2.24) is 10.2 Å². The van der Waals surface area contributed by atoms with Crippen LogP contribution >= 0.6 is 0 Å². The molecule has 0 spiro atoms. The highest BCUT2D eigenvalue weighted by molar-refractivity contribution is 5.82. The maximum absolute atomic E-state index is 13.2. The van der Waals surface area contributed by atoms with Gasteiger partial charge in [-0.05, 0) is 44.3 Å². The standard InChI is InChI=1S/C15H21FN2O/c1-4-17-7-8-18(3)10-15-11(2)13-9-12(16)5-6-14(13)19-15/h5-6,9,17H,4,7-8,10H2,1-3H3. The molecule has 0 atom stereocenters. The van der Waals surface area contributed by atoms with E-state index in [-0.39, 0.29) is 5.82 Å². The monoisotopic (exact) mass is 264 g/mol. The summed E-state index contributed by atoms with van der Waals surface area (Å²) in [5.74, 6) is 0.697. The van der Waals surface area contributed by atoms with Crippen LogP contribution in [0.5, 0.6) is 0 Å². The van der Waals surface area contributed by atoms with E-state index in [0.717, 1.165) is 48.5 Å². The minimum absolute atomic E-state index is 0.219. The summed E-state index contributed by atoms with van der Waals surface area (Å²) in [5, 5.41) is 4.16. The number of furan rings is 1. The molecule has 2 aromatic rings. The van der Waals surface area contributed by atoms with Crippen LogP contribution in [0.3, 0.4) is 0 Å². The Labute approximate surface area is 113 Å². The second-order valence-electron chi connectivity index (χ2n) is 4.88. The van der Waals surface area contributed by atoms with Crippen molar-refractivity contribution in [1.29, 1.82) is 0 Å². The summed E-state index contributed by atoms with van der Waals surface area (Å²) in [7, 11) is 2.06. The van der Waals surface area contributed by atoms with E-state index in [1.807, 2.05) is 6.92 Å². The average Bonchev–Trinajstić information content (AvgIpc) is 2.67. The number of hydrogen-bond donors (Lipinski definition) is 1. The third kappa shape index (κ3) is 3.33. The number of hydrogen-bond acceptors (Lipinski definition) is 3. The van der Waals surface area contributed by atoms with E-state index in [1.54, 1.807) is 6.07 Å². The smallest absolute Gasteiger partial charge is 0.134 e. The lowest BCUT2D eigenvalue weighted by molar-refractivity contribution is 0.298. The number of fused-ring (bicyclic) bond motifs is 1. The fourth-order valence-electron chi connectivity index (χ4n) is 2.17. The van der Waals surface area contributed by atoms with Gasteiger partial charge in [-0.2, -0.15) is 0 Å². The van der Waals surface area contributed by atoms with E-state index in [9.17, 15) is 4.39 Å². The molecule has 0 bridgehead atoms. The predicted octanol–water partition coefficient (Wildman–Crippen LogP) is 2.92. The van der Waals surface area contributed by atoms with Gasteiger partial charge in [0.1, 0.15) is 17.2 Å². The van der Waals surface area contributed by atoms with Crippen molar-refractivity contribution in [3.05, 3.63) is 35.3 Å².